The number of nitrogens with zero attached hydrogens (tertiary/aromatic N) is 3. The summed E-state index contributed by atoms with van der Waals surface area (Å²) in [6, 6.07) is 13.3. The first-order chi connectivity index (χ1) is 22.1. The van der Waals surface area contributed by atoms with E-state index in [0.29, 0.717) is 48.0 Å². The number of unbranched alkanes of at least 4 members (excludes halogenated alkanes) is 1. The first kappa shape index (κ1) is 33.7. The van der Waals surface area contributed by atoms with Gasteiger partial charge in [-0.2, -0.15) is 0 Å². The summed E-state index contributed by atoms with van der Waals surface area (Å²) in [7, 11) is 0. The number of anilines is 2. The summed E-state index contributed by atoms with van der Waals surface area (Å²) in [6.07, 6.45) is 4.72. The molecular weight excluding hydrogens is 606 g/mol. The number of halogens is 1. The second kappa shape index (κ2) is 13.6. The lowest BCUT2D eigenvalue weighted by Crippen LogP contribution is -2.57. The zero-order valence-corrected chi connectivity index (χ0v) is 27.6. The van der Waals surface area contributed by atoms with Gasteiger partial charge in [-0.05, 0) is 87.6 Å². The highest BCUT2D eigenvalue weighted by Crippen LogP contribution is 2.65. The fraction of sp³-hybridized carbons (Fsp3) is 0.472. The van der Waals surface area contributed by atoms with Crippen LogP contribution in [0.5, 0.6) is 5.75 Å². The van der Waals surface area contributed by atoms with Gasteiger partial charge in [0.25, 0.3) is 5.91 Å². The van der Waals surface area contributed by atoms with Crippen molar-refractivity contribution < 1.29 is 29.0 Å². The highest BCUT2D eigenvalue weighted by atomic mass is 35.5. The van der Waals surface area contributed by atoms with Crippen LogP contribution < -0.4 is 14.5 Å². The van der Waals surface area contributed by atoms with Gasteiger partial charge in [0.05, 0.1) is 24.0 Å². The molecule has 0 saturated carbocycles. The number of rotatable bonds is 14. The van der Waals surface area contributed by atoms with Crippen LogP contribution in [0.1, 0.15) is 40.0 Å². The molecule has 0 radical (unpaired) electrons. The van der Waals surface area contributed by atoms with E-state index in [-0.39, 0.29) is 49.9 Å². The molecule has 2 aromatic carbocycles. The Hall–Kier alpha value is -3.66. The maximum atomic E-state index is 14.8. The lowest BCUT2D eigenvalue weighted by molar-refractivity contribution is -0.145. The molecule has 2 bridgehead atoms. The Kier molecular flexibility index (Phi) is 9.96. The molecule has 46 heavy (non-hydrogen) atoms. The molecule has 3 aliphatic heterocycles. The number of amides is 3. The molecule has 10 heteroatoms. The number of hydrogen-bond acceptors (Lipinski definition) is 6. The molecule has 3 unspecified atom stereocenters. The van der Waals surface area contributed by atoms with Crippen molar-refractivity contribution in [2.24, 2.45) is 17.8 Å². The summed E-state index contributed by atoms with van der Waals surface area (Å²) in [5.41, 5.74) is -0.934. The average Bonchev–Trinajstić information content (AvgIpc) is 3.55. The topological polar surface area (TPSA) is 99.6 Å². The Balaban J connectivity index is 1.58. The van der Waals surface area contributed by atoms with Crippen LogP contribution in [0.25, 0.3) is 0 Å². The number of aliphatic hydroxyl groups excluding tert-OH is 1. The molecule has 9 nitrogen and oxygen atoms in total. The van der Waals surface area contributed by atoms with E-state index < -0.39 is 29.1 Å². The molecule has 2 aromatic rings. The highest BCUT2D eigenvalue weighted by molar-refractivity contribution is 6.30. The Labute approximate surface area is 276 Å². The Morgan fingerprint density at radius 2 is 1.63 bits per heavy atom. The van der Waals surface area contributed by atoms with Gasteiger partial charge < -0.3 is 29.3 Å². The van der Waals surface area contributed by atoms with Gasteiger partial charge in [-0.3, -0.25) is 14.4 Å². The van der Waals surface area contributed by atoms with Crippen molar-refractivity contribution in [1.29, 1.82) is 0 Å². The molecule has 3 amide bonds. The fourth-order valence-corrected chi connectivity index (χ4v) is 7.88. The first-order valence-electron chi connectivity index (χ1n) is 16.0. The van der Waals surface area contributed by atoms with Gasteiger partial charge in [0, 0.05) is 42.6 Å². The minimum Gasteiger partial charge on any atom is -0.494 e. The van der Waals surface area contributed by atoms with Gasteiger partial charge in [0.1, 0.15) is 17.4 Å². The number of likely N-dealkylation sites (tertiary alicyclic amines) is 1. The van der Waals surface area contributed by atoms with E-state index in [1.807, 2.05) is 45.0 Å². The van der Waals surface area contributed by atoms with Gasteiger partial charge in [0.15, 0.2) is 0 Å². The minimum absolute atomic E-state index is 0.0338. The van der Waals surface area contributed by atoms with Crippen molar-refractivity contribution in [3.8, 4) is 5.75 Å². The molecule has 3 heterocycles. The number of aliphatic hydroxyl groups is 1. The van der Waals surface area contributed by atoms with E-state index in [2.05, 4.69) is 13.2 Å². The number of hydrogen-bond donors (Lipinski definition) is 1. The van der Waals surface area contributed by atoms with Crippen molar-refractivity contribution in [2.45, 2.75) is 57.3 Å². The zero-order chi connectivity index (χ0) is 33.2. The zero-order valence-electron chi connectivity index (χ0n) is 26.9. The third-order valence-electron chi connectivity index (χ3n) is 9.87. The molecule has 3 aliphatic rings. The largest absolute Gasteiger partial charge is 0.494 e. The lowest BCUT2D eigenvalue weighted by Gasteiger charge is -2.39. The molecule has 5 rings (SSSR count). The predicted octanol–water partition coefficient (Wildman–Crippen LogP) is 5.26. The number of ether oxygens (including phenoxy) is 2. The normalized spacial score (nSPS) is 27.8. The number of fused-ring (bicyclic) bond motifs is 1. The van der Waals surface area contributed by atoms with Crippen LogP contribution in [0.4, 0.5) is 11.4 Å². The van der Waals surface area contributed by atoms with E-state index in [1.54, 1.807) is 51.1 Å². The number of carbonyl (C=O) groups is 3. The molecule has 6 atom stereocenters. The molecule has 0 aliphatic carbocycles. The second-order valence-electron chi connectivity index (χ2n) is 12.5. The van der Waals surface area contributed by atoms with E-state index in [0.717, 1.165) is 0 Å². The SMILES string of the molecule is C=CCN(C(=O)C1N(CCCCO)C(=O)[C@@H]2[C@@H](C(=O)N(CC=C)c3ccc(OCC)cc3)[C@]3(C)OC12CC3C)c1ccc(Cl)cc1. The lowest BCUT2D eigenvalue weighted by atomic mass is 9.62. The van der Waals surface area contributed by atoms with Crippen LogP contribution in [0.3, 0.4) is 0 Å². The summed E-state index contributed by atoms with van der Waals surface area (Å²) in [5, 5.41) is 10.1. The monoisotopic (exact) mass is 649 g/mol. The molecule has 1 N–H and O–H groups in total. The summed E-state index contributed by atoms with van der Waals surface area (Å²) >= 11 is 6.16. The van der Waals surface area contributed by atoms with Crippen molar-refractivity contribution in [3.05, 3.63) is 78.9 Å². The molecular formula is C36H44ClN3O6. The van der Waals surface area contributed by atoms with Gasteiger partial charge >= 0.3 is 0 Å². The second-order valence-corrected chi connectivity index (χ2v) is 13.0. The van der Waals surface area contributed by atoms with Crippen LogP contribution >= 0.6 is 11.6 Å². The summed E-state index contributed by atoms with van der Waals surface area (Å²) < 4.78 is 12.6. The molecule has 1 spiro atoms. The van der Waals surface area contributed by atoms with Crippen molar-refractivity contribution in [1.82, 2.24) is 4.90 Å². The van der Waals surface area contributed by atoms with Gasteiger partial charge in [0.2, 0.25) is 11.8 Å². The third-order valence-corrected chi connectivity index (χ3v) is 10.1. The summed E-state index contributed by atoms with van der Waals surface area (Å²) in [6.45, 7) is 14.8. The molecule has 0 aromatic heterocycles. The van der Waals surface area contributed by atoms with Crippen LogP contribution in [-0.4, -0.2) is 77.8 Å². The van der Waals surface area contributed by atoms with E-state index in [4.69, 9.17) is 21.1 Å². The predicted molar refractivity (Wildman–Crippen MR) is 179 cm³/mol. The Morgan fingerprint density at radius 3 is 2.20 bits per heavy atom. The van der Waals surface area contributed by atoms with Gasteiger partial charge in [-0.25, -0.2) is 0 Å². The van der Waals surface area contributed by atoms with E-state index in [1.165, 1.54) is 0 Å². The van der Waals surface area contributed by atoms with Crippen LogP contribution in [-0.2, 0) is 19.1 Å². The molecule has 3 saturated heterocycles. The maximum Gasteiger partial charge on any atom is 0.253 e. The molecule has 246 valence electrons. The first-order valence-corrected chi connectivity index (χ1v) is 16.4. The van der Waals surface area contributed by atoms with Crippen LogP contribution in [0.2, 0.25) is 5.02 Å². The van der Waals surface area contributed by atoms with E-state index >= 15 is 0 Å². The van der Waals surface area contributed by atoms with Crippen molar-refractivity contribution >= 4 is 40.7 Å². The molecule has 3 fully saturated rings. The Bertz CT molecular complexity index is 1470. The highest BCUT2D eigenvalue weighted by Gasteiger charge is 2.80. The standard InChI is InChI=1S/C36H44ClN3O6/c1-6-19-38(27-15-17-28(18-16-27)45-8-3)32(42)29-30-33(43)40(21-9-10-22-41)31(36(30)23-24(4)35(29,5)46-36)34(44)39(20-7-2)26-13-11-25(37)12-14-26/h6-7,11-18,24,29-31,41H,1-2,8-10,19-23H2,3-5H3/t24?,29-,30-,31?,35+,36?/m0/s1. The van der Waals surface area contributed by atoms with Crippen LogP contribution in [0, 0.1) is 17.8 Å². The Morgan fingerprint density at radius 1 is 1.04 bits per heavy atom. The number of benzene rings is 2. The average molecular weight is 650 g/mol. The summed E-state index contributed by atoms with van der Waals surface area (Å²) in [4.78, 5) is 49.0. The van der Waals surface area contributed by atoms with Crippen LogP contribution in [0.15, 0.2) is 73.8 Å². The maximum absolute atomic E-state index is 14.8. The smallest absolute Gasteiger partial charge is 0.253 e. The third kappa shape index (κ3) is 5.63. The summed E-state index contributed by atoms with van der Waals surface area (Å²) in [5.74, 6) is -1.95. The van der Waals surface area contributed by atoms with Crippen molar-refractivity contribution in [2.75, 3.05) is 42.6 Å². The quantitative estimate of drug-likeness (QED) is 0.221. The van der Waals surface area contributed by atoms with Gasteiger partial charge in [-0.15, -0.1) is 13.2 Å². The van der Waals surface area contributed by atoms with Crippen molar-refractivity contribution in [3.63, 3.8) is 0 Å². The number of carbonyl (C=O) groups excluding carboxylic acids is 3. The van der Waals surface area contributed by atoms with Gasteiger partial charge in [-0.1, -0.05) is 30.7 Å². The van der Waals surface area contributed by atoms with E-state index in [9.17, 15) is 19.5 Å². The minimum atomic E-state index is -1.22. The fourth-order valence-electron chi connectivity index (χ4n) is 7.76.